The first-order valence-corrected chi connectivity index (χ1v) is 8.72. The Morgan fingerprint density at radius 3 is 2.32 bits per heavy atom. The van der Waals surface area contributed by atoms with Crippen LogP contribution in [0.15, 0.2) is 60.7 Å². The Kier molecular flexibility index (Phi) is 6.31. The molecule has 3 aromatic rings. The van der Waals surface area contributed by atoms with Gasteiger partial charge in [-0.3, -0.25) is 0 Å². The third-order valence-corrected chi connectivity index (χ3v) is 3.99. The minimum absolute atomic E-state index is 0.240. The van der Waals surface area contributed by atoms with Crippen LogP contribution in [0.4, 0.5) is 0 Å². The summed E-state index contributed by atoms with van der Waals surface area (Å²) in [4.78, 5) is 1.77. The molecule has 3 rings (SSSR count). The molecule has 1 heterocycles. The summed E-state index contributed by atoms with van der Waals surface area (Å²) in [5, 5.41) is 21.7. The van der Waals surface area contributed by atoms with Crippen LogP contribution >= 0.6 is 0 Å². The molecule has 0 fully saturated rings. The topological polar surface area (TPSA) is 63.0 Å². The van der Waals surface area contributed by atoms with Crippen LogP contribution in [0.3, 0.4) is 0 Å². The van der Waals surface area contributed by atoms with Gasteiger partial charge < -0.3 is 10.4 Å². The fraction of sp³-hybridized carbons (Fsp3) is 0.300. The molecule has 0 aliphatic carbocycles. The van der Waals surface area contributed by atoms with Crippen LogP contribution in [-0.2, 0) is 13.1 Å². The van der Waals surface area contributed by atoms with Gasteiger partial charge in [-0.05, 0) is 24.9 Å². The van der Waals surface area contributed by atoms with Crippen LogP contribution in [0.5, 0.6) is 0 Å². The van der Waals surface area contributed by atoms with Gasteiger partial charge in [0.2, 0.25) is 0 Å². The number of hydrogen-bond acceptors (Lipinski definition) is 4. The molecule has 1 aromatic heterocycles. The standard InChI is InChI=1S/C20H24N4O/c25-14-8-7-13-21-15-19-20(18-11-5-2-6-12-18)23-24(22-19)16-17-9-3-1-4-10-17/h1-6,9-12,21,25H,7-8,13-16H2. The maximum absolute atomic E-state index is 8.87. The summed E-state index contributed by atoms with van der Waals surface area (Å²) in [5.74, 6) is 0. The molecule has 2 N–H and O–H groups in total. The smallest absolute Gasteiger partial charge is 0.117 e. The summed E-state index contributed by atoms with van der Waals surface area (Å²) >= 11 is 0. The Hall–Kier alpha value is -2.50. The van der Waals surface area contributed by atoms with Gasteiger partial charge in [0, 0.05) is 18.7 Å². The fourth-order valence-corrected chi connectivity index (χ4v) is 2.71. The quantitative estimate of drug-likeness (QED) is 0.590. The summed E-state index contributed by atoms with van der Waals surface area (Å²) in [6.45, 7) is 2.43. The monoisotopic (exact) mass is 336 g/mol. The van der Waals surface area contributed by atoms with Gasteiger partial charge in [0.25, 0.3) is 0 Å². The van der Waals surface area contributed by atoms with E-state index >= 15 is 0 Å². The lowest BCUT2D eigenvalue weighted by atomic mass is 10.1. The molecule has 0 amide bonds. The third kappa shape index (κ3) is 4.98. The molecule has 0 saturated carbocycles. The lowest BCUT2D eigenvalue weighted by molar-refractivity contribution is 0.283. The van der Waals surface area contributed by atoms with Crippen LogP contribution in [0.25, 0.3) is 11.3 Å². The van der Waals surface area contributed by atoms with Gasteiger partial charge in [-0.1, -0.05) is 60.7 Å². The highest BCUT2D eigenvalue weighted by atomic mass is 16.2. The predicted octanol–water partition coefficient (Wildman–Crippen LogP) is 2.86. The first kappa shape index (κ1) is 17.3. The maximum Gasteiger partial charge on any atom is 0.117 e. The van der Waals surface area contributed by atoms with Crippen molar-refractivity contribution in [2.24, 2.45) is 0 Å². The molecular weight excluding hydrogens is 312 g/mol. The molecule has 5 nitrogen and oxygen atoms in total. The summed E-state index contributed by atoms with van der Waals surface area (Å²) < 4.78 is 0. The number of nitrogens with one attached hydrogen (secondary N) is 1. The van der Waals surface area contributed by atoms with Crippen molar-refractivity contribution in [1.82, 2.24) is 20.3 Å². The van der Waals surface area contributed by atoms with E-state index in [9.17, 15) is 0 Å². The molecule has 0 bridgehead atoms. The van der Waals surface area contributed by atoms with Crippen molar-refractivity contribution >= 4 is 0 Å². The number of rotatable bonds is 9. The lowest BCUT2D eigenvalue weighted by Crippen LogP contribution is -2.16. The predicted molar refractivity (Wildman–Crippen MR) is 99.0 cm³/mol. The maximum atomic E-state index is 8.87. The highest BCUT2D eigenvalue weighted by Gasteiger charge is 2.13. The molecular formula is C20H24N4O. The number of benzene rings is 2. The highest BCUT2D eigenvalue weighted by molar-refractivity contribution is 5.60. The van der Waals surface area contributed by atoms with E-state index in [2.05, 4.69) is 29.6 Å². The average molecular weight is 336 g/mol. The molecule has 0 radical (unpaired) electrons. The Bertz CT molecular complexity index is 756. The number of unbranched alkanes of at least 4 members (excludes halogenated alkanes) is 1. The zero-order valence-corrected chi connectivity index (χ0v) is 14.3. The number of hydrogen-bond donors (Lipinski definition) is 2. The van der Waals surface area contributed by atoms with Crippen LogP contribution in [0, 0.1) is 0 Å². The van der Waals surface area contributed by atoms with Crippen molar-refractivity contribution in [1.29, 1.82) is 0 Å². The molecule has 0 spiro atoms. The van der Waals surface area contributed by atoms with E-state index in [0.29, 0.717) is 13.1 Å². The second-order valence-electron chi connectivity index (χ2n) is 5.98. The van der Waals surface area contributed by atoms with E-state index in [1.54, 1.807) is 4.80 Å². The van der Waals surface area contributed by atoms with Crippen LogP contribution < -0.4 is 5.32 Å². The average Bonchev–Trinajstić information content (AvgIpc) is 3.06. The van der Waals surface area contributed by atoms with Gasteiger partial charge >= 0.3 is 0 Å². The van der Waals surface area contributed by atoms with Gasteiger partial charge in [-0.2, -0.15) is 15.0 Å². The van der Waals surface area contributed by atoms with E-state index in [4.69, 9.17) is 15.3 Å². The van der Waals surface area contributed by atoms with E-state index < -0.39 is 0 Å². The van der Waals surface area contributed by atoms with Crippen molar-refractivity contribution in [2.45, 2.75) is 25.9 Å². The minimum Gasteiger partial charge on any atom is -0.396 e. The SMILES string of the molecule is OCCCCNCc1nn(Cc2ccccc2)nc1-c1ccccc1. The van der Waals surface area contributed by atoms with Gasteiger partial charge in [-0.25, -0.2) is 0 Å². The molecule has 2 aromatic carbocycles. The van der Waals surface area contributed by atoms with Crippen LogP contribution in [-0.4, -0.2) is 33.3 Å². The van der Waals surface area contributed by atoms with Crippen molar-refractivity contribution in [3.8, 4) is 11.3 Å². The Morgan fingerprint density at radius 2 is 1.60 bits per heavy atom. The molecule has 25 heavy (non-hydrogen) atoms. The number of aromatic nitrogens is 3. The molecule has 0 aliphatic heterocycles. The molecule has 0 unspecified atom stereocenters. The van der Waals surface area contributed by atoms with E-state index in [-0.39, 0.29) is 6.61 Å². The van der Waals surface area contributed by atoms with Gasteiger partial charge in [0.1, 0.15) is 11.4 Å². The van der Waals surface area contributed by atoms with Crippen molar-refractivity contribution in [2.75, 3.05) is 13.2 Å². The fourth-order valence-electron chi connectivity index (χ4n) is 2.71. The largest absolute Gasteiger partial charge is 0.396 e. The molecule has 0 atom stereocenters. The summed E-state index contributed by atoms with van der Waals surface area (Å²) in [5.41, 5.74) is 4.13. The van der Waals surface area contributed by atoms with Crippen LogP contribution in [0.2, 0.25) is 0 Å². The zero-order valence-electron chi connectivity index (χ0n) is 14.3. The normalized spacial score (nSPS) is 10.9. The van der Waals surface area contributed by atoms with Crippen molar-refractivity contribution < 1.29 is 5.11 Å². The van der Waals surface area contributed by atoms with E-state index in [1.165, 1.54) is 5.56 Å². The Labute approximate surface area is 148 Å². The Morgan fingerprint density at radius 1 is 0.880 bits per heavy atom. The second kappa shape index (κ2) is 9.11. The van der Waals surface area contributed by atoms with E-state index in [1.807, 2.05) is 36.4 Å². The summed E-state index contributed by atoms with van der Waals surface area (Å²) in [7, 11) is 0. The molecule has 5 heteroatoms. The van der Waals surface area contributed by atoms with Crippen molar-refractivity contribution in [3.63, 3.8) is 0 Å². The number of aliphatic hydroxyl groups is 1. The highest BCUT2D eigenvalue weighted by Crippen LogP contribution is 2.20. The number of aliphatic hydroxyl groups excluding tert-OH is 1. The lowest BCUT2D eigenvalue weighted by Gasteiger charge is -2.03. The second-order valence-corrected chi connectivity index (χ2v) is 5.98. The first-order chi connectivity index (χ1) is 12.4. The Balaban J connectivity index is 1.76. The van der Waals surface area contributed by atoms with Crippen LogP contribution in [0.1, 0.15) is 24.1 Å². The minimum atomic E-state index is 0.240. The number of nitrogens with zero attached hydrogens (tertiary/aromatic N) is 3. The van der Waals surface area contributed by atoms with Gasteiger partial charge in [-0.15, -0.1) is 0 Å². The van der Waals surface area contributed by atoms with Gasteiger partial charge in [0.05, 0.1) is 6.54 Å². The van der Waals surface area contributed by atoms with Gasteiger partial charge in [0.15, 0.2) is 0 Å². The molecule has 130 valence electrons. The van der Waals surface area contributed by atoms with E-state index in [0.717, 1.165) is 36.3 Å². The summed E-state index contributed by atoms with van der Waals surface area (Å²) in [6.07, 6.45) is 1.77. The molecule has 0 aliphatic rings. The zero-order chi connectivity index (χ0) is 17.3. The molecule has 0 saturated heterocycles. The third-order valence-electron chi connectivity index (χ3n) is 3.99. The first-order valence-electron chi connectivity index (χ1n) is 8.72. The summed E-state index contributed by atoms with van der Waals surface area (Å²) in [6, 6.07) is 20.4. The van der Waals surface area contributed by atoms with Crippen molar-refractivity contribution in [3.05, 3.63) is 71.9 Å².